The van der Waals surface area contributed by atoms with Crippen LogP contribution in [-0.4, -0.2) is 4.98 Å². The zero-order valence-corrected chi connectivity index (χ0v) is 8.78. The molecule has 2 heteroatoms. The van der Waals surface area contributed by atoms with Gasteiger partial charge in [-0.25, -0.2) is 4.98 Å². The predicted octanol–water partition coefficient (Wildman–Crippen LogP) is 3.44. The molecule has 0 atom stereocenters. The van der Waals surface area contributed by atoms with Gasteiger partial charge in [0, 0.05) is 5.38 Å². The molecule has 0 saturated heterocycles. The van der Waals surface area contributed by atoms with Gasteiger partial charge in [0.2, 0.25) is 0 Å². The normalized spacial score (nSPS) is 10.5. The summed E-state index contributed by atoms with van der Waals surface area (Å²) in [5, 5.41) is 3.50. The Kier molecular flexibility index (Phi) is 4.30. The second-order valence-electron chi connectivity index (χ2n) is 3.04. The molecular weight excluding hydrogens is 166 g/mol. The van der Waals surface area contributed by atoms with Gasteiger partial charge in [0.1, 0.15) is 0 Å². The first-order valence-electron chi connectivity index (χ1n) is 4.80. The van der Waals surface area contributed by atoms with Gasteiger partial charge in [0.25, 0.3) is 0 Å². The fourth-order valence-corrected chi connectivity index (χ4v) is 2.08. The average molecular weight is 183 g/mol. The molecule has 0 unspecified atom stereocenters. The molecule has 0 radical (unpaired) electrons. The Balaban J connectivity index is 2.31. The largest absolute Gasteiger partial charge is 0.246 e. The summed E-state index contributed by atoms with van der Waals surface area (Å²) in [6, 6.07) is 0. The lowest BCUT2D eigenvalue weighted by atomic mass is 10.2. The molecule has 0 fully saturated rings. The first kappa shape index (κ1) is 9.72. The number of hydrogen-bond acceptors (Lipinski definition) is 2. The van der Waals surface area contributed by atoms with E-state index >= 15 is 0 Å². The number of thiazole rings is 1. The lowest BCUT2D eigenvalue weighted by Gasteiger charge is -1.93. The summed E-state index contributed by atoms with van der Waals surface area (Å²) in [4.78, 5) is 4.52. The van der Waals surface area contributed by atoms with Crippen LogP contribution in [0.3, 0.4) is 0 Å². The van der Waals surface area contributed by atoms with E-state index in [1.807, 2.05) is 11.3 Å². The summed E-state index contributed by atoms with van der Waals surface area (Å²) in [7, 11) is 0. The van der Waals surface area contributed by atoms with Crippen LogP contribution in [0.4, 0.5) is 0 Å². The fourth-order valence-electron chi connectivity index (χ4n) is 1.15. The summed E-state index contributed by atoms with van der Waals surface area (Å²) in [5.41, 5.74) is 1.26. The van der Waals surface area contributed by atoms with Crippen molar-refractivity contribution in [3.8, 4) is 0 Å². The average Bonchev–Trinajstić information content (AvgIpc) is 2.53. The van der Waals surface area contributed by atoms with Crippen LogP contribution in [0.25, 0.3) is 0 Å². The van der Waals surface area contributed by atoms with Crippen molar-refractivity contribution in [3.05, 3.63) is 16.1 Å². The van der Waals surface area contributed by atoms with Crippen LogP contribution in [0.2, 0.25) is 0 Å². The lowest BCUT2D eigenvalue weighted by Crippen LogP contribution is -1.85. The van der Waals surface area contributed by atoms with E-state index < -0.39 is 0 Å². The molecule has 0 bridgehead atoms. The summed E-state index contributed by atoms with van der Waals surface area (Å²) < 4.78 is 0. The monoisotopic (exact) mass is 183 g/mol. The predicted molar refractivity (Wildman–Crippen MR) is 54.7 cm³/mol. The smallest absolute Gasteiger partial charge is 0.0928 e. The SMILES string of the molecule is CCCCCc1nc(CC)cs1. The van der Waals surface area contributed by atoms with Crippen LogP contribution in [0.15, 0.2) is 5.38 Å². The molecule has 0 saturated carbocycles. The molecule has 0 aliphatic carbocycles. The van der Waals surface area contributed by atoms with Gasteiger partial charge in [-0.05, 0) is 19.3 Å². The second kappa shape index (κ2) is 5.31. The molecule has 0 amide bonds. The van der Waals surface area contributed by atoms with Crippen LogP contribution in [-0.2, 0) is 12.8 Å². The van der Waals surface area contributed by atoms with Crippen molar-refractivity contribution < 1.29 is 0 Å². The summed E-state index contributed by atoms with van der Waals surface area (Å²) >= 11 is 1.81. The fraction of sp³-hybridized carbons (Fsp3) is 0.700. The standard InChI is InChI=1S/C10H17NS/c1-3-5-6-7-10-11-9(4-2)8-12-10/h8H,3-7H2,1-2H3. The number of nitrogens with zero attached hydrogens (tertiary/aromatic N) is 1. The maximum Gasteiger partial charge on any atom is 0.0928 e. The highest BCUT2D eigenvalue weighted by Crippen LogP contribution is 2.13. The van der Waals surface area contributed by atoms with E-state index in [1.54, 1.807) is 0 Å². The molecule has 0 spiro atoms. The number of aromatic nitrogens is 1. The molecular formula is C10H17NS. The highest BCUT2D eigenvalue weighted by atomic mass is 32.1. The number of rotatable bonds is 5. The van der Waals surface area contributed by atoms with E-state index in [9.17, 15) is 0 Å². The van der Waals surface area contributed by atoms with Crippen molar-refractivity contribution in [2.24, 2.45) is 0 Å². The van der Waals surface area contributed by atoms with E-state index in [0.717, 1.165) is 6.42 Å². The molecule has 0 aromatic carbocycles. The van der Waals surface area contributed by atoms with Gasteiger partial charge in [0.05, 0.1) is 10.7 Å². The van der Waals surface area contributed by atoms with Gasteiger partial charge in [-0.3, -0.25) is 0 Å². The zero-order chi connectivity index (χ0) is 8.81. The molecule has 0 aliphatic heterocycles. The van der Waals surface area contributed by atoms with E-state index in [2.05, 4.69) is 24.2 Å². The van der Waals surface area contributed by atoms with Crippen molar-refractivity contribution in [2.45, 2.75) is 46.0 Å². The Morgan fingerprint density at radius 3 is 2.75 bits per heavy atom. The van der Waals surface area contributed by atoms with Crippen LogP contribution in [0, 0.1) is 0 Å². The lowest BCUT2D eigenvalue weighted by molar-refractivity contribution is 0.713. The highest BCUT2D eigenvalue weighted by molar-refractivity contribution is 7.09. The third-order valence-electron chi connectivity index (χ3n) is 1.96. The third-order valence-corrected chi connectivity index (χ3v) is 2.91. The van der Waals surface area contributed by atoms with E-state index in [4.69, 9.17) is 0 Å². The minimum Gasteiger partial charge on any atom is -0.246 e. The number of unbranched alkanes of at least 4 members (excludes halogenated alkanes) is 2. The molecule has 1 aromatic rings. The zero-order valence-electron chi connectivity index (χ0n) is 7.97. The van der Waals surface area contributed by atoms with Crippen LogP contribution >= 0.6 is 11.3 Å². The summed E-state index contributed by atoms with van der Waals surface area (Å²) in [6.45, 7) is 4.39. The van der Waals surface area contributed by atoms with Crippen molar-refractivity contribution in [3.63, 3.8) is 0 Å². The Morgan fingerprint density at radius 1 is 1.33 bits per heavy atom. The van der Waals surface area contributed by atoms with Crippen molar-refractivity contribution in [1.82, 2.24) is 4.98 Å². The van der Waals surface area contributed by atoms with Crippen molar-refractivity contribution >= 4 is 11.3 Å². The molecule has 0 aliphatic rings. The second-order valence-corrected chi connectivity index (χ2v) is 3.99. The summed E-state index contributed by atoms with van der Waals surface area (Å²) in [5.74, 6) is 0. The molecule has 68 valence electrons. The van der Waals surface area contributed by atoms with Crippen molar-refractivity contribution in [2.75, 3.05) is 0 Å². The maximum atomic E-state index is 4.52. The van der Waals surface area contributed by atoms with Crippen LogP contribution < -0.4 is 0 Å². The van der Waals surface area contributed by atoms with E-state index in [0.29, 0.717) is 0 Å². The van der Waals surface area contributed by atoms with Crippen molar-refractivity contribution in [1.29, 1.82) is 0 Å². The van der Waals surface area contributed by atoms with Gasteiger partial charge in [-0.2, -0.15) is 0 Å². The molecule has 0 N–H and O–H groups in total. The van der Waals surface area contributed by atoms with Crippen LogP contribution in [0.5, 0.6) is 0 Å². The molecule has 1 rings (SSSR count). The molecule has 1 nitrogen and oxygen atoms in total. The first-order chi connectivity index (χ1) is 5.86. The summed E-state index contributed by atoms with van der Waals surface area (Å²) in [6.07, 6.45) is 6.18. The minimum atomic E-state index is 1.07. The molecule has 1 heterocycles. The molecule has 12 heavy (non-hydrogen) atoms. The van der Waals surface area contributed by atoms with Gasteiger partial charge in [-0.1, -0.05) is 26.7 Å². The Hall–Kier alpha value is -0.370. The Bertz CT molecular complexity index is 217. The number of hydrogen-bond donors (Lipinski definition) is 0. The van der Waals surface area contributed by atoms with Gasteiger partial charge in [0.15, 0.2) is 0 Å². The first-order valence-corrected chi connectivity index (χ1v) is 5.68. The molecule has 1 aromatic heterocycles. The third kappa shape index (κ3) is 2.94. The highest BCUT2D eigenvalue weighted by Gasteiger charge is 1.98. The topological polar surface area (TPSA) is 12.9 Å². The quantitative estimate of drug-likeness (QED) is 0.637. The van der Waals surface area contributed by atoms with Gasteiger partial charge < -0.3 is 0 Å². The number of aryl methyl sites for hydroxylation is 2. The van der Waals surface area contributed by atoms with Gasteiger partial charge in [-0.15, -0.1) is 11.3 Å². The maximum absolute atomic E-state index is 4.52. The van der Waals surface area contributed by atoms with E-state index in [1.165, 1.54) is 36.4 Å². The van der Waals surface area contributed by atoms with E-state index in [-0.39, 0.29) is 0 Å². The Morgan fingerprint density at radius 2 is 2.17 bits per heavy atom. The Labute approximate surface area is 78.8 Å². The van der Waals surface area contributed by atoms with Gasteiger partial charge >= 0.3 is 0 Å². The minimum absolute atomic E-state index is 1.07. The van der Waals surface area contributed by atoms with Crippen LogP contribution in [0.1, 0.15) is 43.8 Å².